The van der Waals surface area contributed by atoms with E-state index in [1.54, 1.807) is 0 Å². The summed E-state index contributed by atoms with van der Waals surface area (Å²) in [6, 6.07) is 57.0. The van der Waals surface area contributed by atoms with Gasteiger partial charge in [0.2, 0.25) is 0 Å². The minimum atomic E-state index is -0.322. The highest BCUT2D eigenvalue weighted by molar-refractivity contribution is 6.11. The molecule has 3 nitrogen and oxygen atoms in total. The second-order valence-electron chi connectivity index (χ2n) is 11.7. The van der Waals surface area contributed by atoms with Crippen LogP contribution in [0.2, 0.25) is 0 Å². The van der Waals surface area contributed by atoms with Gasteiger partial charge in [-0.2, -0.15) is 0 Å². The molecule has 9 rings (SSSR count). The topological polar surface area (TPSA) is 35.1 Å². The van der Waals surface area contributed by atoms with E-state index in [1.165, 1.54) is 21.9 Å². The van der Waals surface area contributed by atoms with Gasteiger partial charge in [0, 0.05) is 21.8 Å². The van der Waals surface area contributed by atoms with Crippen LogP contribution in [0.25, 0.3) is 82.6 Å². The lowest BCUT2D eigenvalue weighted by atomic mass is 9.97. The van der Waals surface area contributed by atoms with Crippen LogP contribution in [0.15, 0.2) is 173 Å². The summed E-state index contributed by atoms with van der Waals surface area (Å²) in [5.41, 5.74) is 10.3. The lowest BCUT2D eigenvalue weighted by Crippen LogP contribution is -2.00. The Bertz CT molecular complexity index is 2590. The van der Waals surface area contributed by atoms with E-state index < -0.39 is 0 Å². The number of rotatable bonds is 4. The molecule has 0 radical (unpaired) electrons. The van der Waals surface area contributed by atoms with Gasteiger partial charge in [-0.1, -0.05) is 121 Å². The molecule has 0 bridgehead atoms. The molecule has 2 heterocycles. The Morgan fingerprint density at radius 1 is 0.370 bits per heavy atom. The van der Waals surface area contributed by atoms with Crippen LogP contribution in [-0.4, -0.2) is 4.57 Å². The van der Waals surface area contributed by atoms with Crippen molar-refractivity contribution in [1.82, 2.24) is 4.57 Å². The smallest absolute Gasteiger partial charge is 0.344 e. The van der Waals surface area contributed by atoms with E-state index in [2.05, 4.69) is 132 Å². The van der Waals surface area contributed by atoms with E-state index in [9.17, 15) is 4.79 Å². The lowest BCUT2D eigenvalue weighted by molar-refractivity contribution is 0.569. The summed E-state index contributed by atoms with van der Waals surface area (Å²) in [4.78, 5) is 13.1. The molecular weight excluding hydrogens is 562 g/mol. The summed E-state index contributed by atoms with van der Waals surface area (Å²) in [5.74, 6) is 0. The molecule has 2 aromatic heterocycles. The third kappa shape index (κ3) is 4.25. The van der Waals surface area contributed by atoms with Crippen LogP contribution >= 0.6 is 0 Å². The molecule has 9 aromatic rings. The SMILES string of the molecule is O=c1oc2ccccc2c2ccc(-c3ccc4c5ccccc5n(-c5cc(-c6ccccc6)cc(-c6ccccc6)c5)c4c3)cc12. The first-order valence-electron chi connectivity index (χ1n) is 15.5. The maximum Gasteiger partial charge on any atom is 0.344 e. The number of benzene rings is 7. The Morgan fingerprint density at radius 3 is 1.65 bits per heavy atom. The number of aromatic nitrogens is 1. The molecule has 0 saturated carbocycles. The van der Waals surface area contributed by atoms with Crippen LogP contribution < -0.4 is 5.63 Å². The molecule has 7 aromatic carbocycles. The van der Waals surface area contributed by atoms with Gasteiger partial charge in [0.15, 0.2) is 0 Å². The van der Waals surface area contributed by atoms with Gasteiger partial charge in [0.05, 0.1) is 16.4 Å². The lowest BCUT2D eigenvalue weighted by Gasteiger charge is -2.14. The Hall–Kier alpha value is -6.19. The summed E-state index contributed by atoms with van der Waals surface area (Å²) in [5, 5.41) is 4.79. The summed E-state index contributed by atoms with van der Waals surface area (Å²) in [6.07, 6.45) is 0. The standard InChI is InChI=1S/C43H27NO2/c45-43-39-26-30(19-21-35(39)38-16-8-10-18-42(38)46-43)31-20-22-37-36-15-7-9-17-40(36)44(41(37)27-31)34-24-32(28-11-3-1-4-12-28)23-33(25-34)29-13-5-2-6-14-29/h1-27H. The average Bonchev–Trinajstić information content (AvgIpc) is 3.46. The van der Waals surface area contributed by atoms with E-state index in [0.717, 1.165) is 49.7 Å². The first-order valence-corrected chi connectivity index (χ1v) is 15.5. The fraction of sp³-hybridized carbons (Fsp3) is 0. The minimum Gasteiger partial charge on any atom is -0.422 e. The maximum absolute atomic E-state index is 13.1. The Labute approximate surface area is 265 Å². The molecule has 0 amide bonds. The fourth-order valence-electron chi connectivity index (χ4n) is 6.82. The largest absolute Gasteiger partial charge is 0.422 e. The molecule has 0 spiro atoms. The van der Waals surface area contributed by atoms with Gasteiger partial charge in [0.25, 0.3) is 0 Å². The molecule has 0 atom stereocenters. The number of hydrogen-bond donors (Lipinski definition) is 0. The zero-order valence-corrected chi connectivity index (χ0v) is 24.9. The summed E-state index contributed by atoms with van der Waals surface area (Å²) < 4.78 is 8.06. The zero-order chi connectivity index (χ0) is 30.6. The van der Waals surface area contributed by atoms with Crippen LogP contribution in [-0.2, 0) is 0 Å². The Kier molecular flexibility index (Phi) is 5.97. The van der Waals surface area contributed by atoms with Crippen molar-refractivity contribution < 1.29 is 4.42 Å². The normalized spacial score (nSPS) is 11.6. The maximum atomic E-state index is 13.1. The van der Waals surface area contributed by atoms with Gasteiger partial charge in [-0.05, 0) is 81.2 Å². The second kappa shape index (κ2) is 10.5. The van der Waals surface area contributed by atoms with E-state index in [4.69, 9.17) is 4.42 Å². The van der Waals surface area contributed by atoms with Gasteiger partial charge in [0.1, 0.15) is 5.58 Å². The molecule has 3 heteroatoms. The summed E-state index contributed by atoms with van der Waals surface area (Å²) in [7, 11) is 0. The van der Waals surface area contributed by atoms with Crippen LogP contribution in [0.3, 0.4) is 0 Å². The molecule has 0 saturated heterocycles. The molecule has 0 aliphatic rings. The summed E-state index contributed by atoms with van der Waals surface area (Å²) >= 11 is 0. The highest BCUT2D eigenvalue weighted by atomic mass is 16.4. The van der Waals surface area contributed by atoms with Crippen molar-refractivity contribution in [3.05, 3.63) is 174 Å². The molecule has 0 fully saturated rings. The highest BCUT2D eigenvalue weighted by Crippen LogP contribution is 2.38. The molecule has 0 N–H and O–H groups in total. The third-order valence-corrected chi connectivity index (χ3v) is 9.02. The van der Waals surface area contributed by atoms with Crippen molar-refractivity contribution >= 4 is 43.5 Å². The predicted octanol–water partition coefficient (Wildman–Crippen LogP) is 11.0. The predicted molar refractivity (Wildman–Crippen MR) is 191 cm³/mol. The van der Waals surface area contributed by atoms with Crippen molar-refractivity contribution in [1.29, 1.82) is 0 Å². The quantitative estimate of drug-likeness (QED) is 0.151. The molecular formula is C43H27NO2. The minimum absolute atomic E-state index is 0.322. The first kappa shape index (κ1) is 26.2. The van der Waals surface area contributed by atoms with E-state index in [1.807, 2.05) is 36.4 Å². The van der Waals surface area contributed by atoms with Crippen LogP contribution in [0.4, 0.5) is 0 Å². The molecule has 216 valence electrons. The Balaban J connectivity index is 1.29. The van der Waals surface area contributed by atoms with Crippen molar-refractivity contribution in [2.45, 2.75) is 0 Å². The number of fused-ring (bicyclic) bond motifs is 6. The van der Waals surface area contributed by atoms with Crippen LogP contribution in [0.5, 0.6) is 0 Å². The third-order valence-electron chi connectivity index (χ3n) is 9.02. The van der Waals surface area contributed by atoms with E-state index in [-0.39, 0.29) is 5.63 Å². The number of hydrogen-bond acceptors (Lipinski definition) is 2. The number of nitrogens with zero attached hydrogens (tertiary/aromatic N) is 1. The Morgan fingerprint density at radius 2 is 0.935 bits per heavy atom. The average molecular weight is 590 g/mol. The molecule has 46 heavy (non-hydrogen) atoms. The zero-order valence-electron chi connectivity index (χ0n) is 24.9. The van der Waals surface area contributed by atoms with Gasteiger partial charge in [-0.3, -0.25) is 0 Å². The monoisotopic (exact) mass is 589 g/mol. The highest BCUT2D eigenvalue weighted by Gasteiger charge is 2.16. The van der Waals surface area contributed by atoms with Gasteiger partial charge >= 0.3 is 5.63 Å². The fourth-order valence-corrected chi connectivity index (χ4v) is 6.82. The second-order valence-corrected chi connectivity index (χ2v) is 11.7. The first-order chi connectivity index (χ1) is 22.7. The van der Waals surface area contributed by atoms with Crippen LogP contribution in [0.1, 0.15) is 0 Å². The molecule has 0 aliphatic carbocycles. The summed E-state index contributed by atoms with van der Waals surface area (Å²) in [6.45, 7) is 0. The van der Waals surface area contributed by atoms with Gasteiger partial charge in [-0.15, -0.1) is 0 Å². The molecule has 0 unspecified atom stereocenters. The van der Waals surface area contributed by atoms with E-state index >= 15 is 0 Å². The van der Waals surface area contributed by atoms with Gasteiger partial charge < -0.3 is 8.98 Å². The van der Waals surface area contributed by atoms with Crippen LogP contribution in [0, 0.1) is 0 Å². The van der Waals surface area contributed by atoms with Crippen molar-refractivity contribution in [3.8, 4) is 39.1 Å². The van der Waals surface area contributed by atoms with E-state index in [0.29, 0.717) is 11.0 Å². The number of para-hydroxylation sites is 2. The van der Waals surface area contributed by atoms with Crippen molar-refractivity contribution in [2.75, 3.05) is 0 Å². The molecule has 0 aliphatic heterocycles. The van der Waals surface area contributed by atoms with Gasteiger partial charge in [-0.25, -0.2) is 4.79 Å². The van der Waals surface area contributed by atoms with Crippen molar-refractivity contribution in [3.63, 3.8) is 0 Å². The van der Waals surface area contributed by atoms with Crippen molar-refractivity contribution in [2.24, 2.45) is 0 Å².